The average Bonchev–Trinajstić information content (AvgIpc) is 2.34. The zero-order chi connectivity index (χ0) is 12.9. The third kappa shape index (κ3) is 11.7. The lowest BCUT2D eigenvalue weighted by atomic mass is 10.1. The highest BCUT2D eigenvalue weighted by atomic mass is 16.5. The first-order valence-electron chi connectivity index (χ1n) is 7.05. The van der Waals surface area contributed by atoms with Crippen LogP contribution in [0.4, 0.5) is 0 Å². The summed E-state index contributed by atoms with van der Waals surface area (Å²) in [6, 6.07) is 0. The Morgan fingerprint density at radius 1 is 1.18 bits per heavy atom. The maximum absolute atomic E-state index is 11.4. The largest absolute Gasteiger partial charge is 0.381 e. The van der Waals surface area contributed by atoms with E-state index in [2.05, 4.69) is 26.1 Å². The Balaban J connectivity index is 3.22. The Kier molecular flexibility index (Phi) is 11.5. The van der Waals surface area contributed by atoms with Crippen LogP contribution < -0.4 is 5.32 Å². The first-order valence-corrected chi connectivity index (χ1v) is 7.05. The summed E-state index contributed by atoms with van der Waals surface area (Å²) in [7, 11) is 0. The Labute approximate surface area is 106 Å². The molecule has 0 aromatic heterocycles. The maximum Gasteiger partial charge on any atom is 0.222 e. The lowest BCUT2D eigenvalue weighted by Crippen LogP contribution is -2.28. The van der Waals surface area contributed by atoms with Gasteiger partial charge in [0.05, 0.1) is 6.61 Å². The number of ether oxygens (including phenoxy) is 1. The van der Waals surface area contributed by atoms with E-state index in [1.165, 1.54) is 19.3 Å². The Hall–Kier alpha value is -0.570. The van der Waals surface area contributed by atoms with E-state index in [0.717, 1.165) is 26.0 Å². The van der Waals surface area contributed by atoms with Crippen LogP contribution in [0.5, 0.6) is 0 Å². The molecule has 1 N–H and O–H groups in total. The number of amides is 1. The van der Waals surface area contributed by atoms with Crippen molar-refractivity contribution in [2.45, 2.75) is 59.3 Å². The molecule has 0 saturated heterocycles. The van der Waals surface area contributed by atoms with Crippen molar-refractivity contribution in [1.82, 2.24) is 5.32 Å². The summed E-state index contributed by atoms with van der Waals surface area (Å²) in [4.78, 5) is 11.4. The maximum atomic E-state index is 11.4. The van der Waals surface area contributed by atoms with Crippen molar-refractivity contribution in [2.24, 2.45) is 5.92 Å². The van der Waals surface area contributed by atoms with Crippen molar-refractivity contribution < 1.29 is 9.53 Å². The Bertz CT molecular complexity index is 183. The molecule has 0 fully saturated rings. The summed E-state index contributed by atoms with van der Waals surface area (Å²) in [5.74, 6) is 0.674. The predicted molar refractivity (Wildman–Crippen MR) is 72.0 cm³/mol. The standard InChI is InChI=1S/C14H29NO2/c1-4-6-7-8-10-17-11-9-14(16)15-12-13(3)5-2/h13H,4-12H2,1-3H3,(H,15,16). The molecular weight excluding hydrogens is 214 g/mol. The smallest absolute Gasteiger partial charge is 0.222 e. The van der Waals surface area contributed by atoms with Gasteiger partial charge in [0, 0.05) is 19.6 Å². The summed E-state index contributed by atoms with van der Waals surface area (Å²) in [6.45, 7) is 8.60. The van der Waals surface area contributed by atoms with Gasteiger partial charge in [-0.05, 0) is 12.3 Å². The van der Waals surface area contributed by atoms with Crippen LogP contribution in [-0.4, -0.2) is 25.7 Å². The van der Waals surface area contributed by atoms with Crippen molar-refractivity contribution in [2.75, 3.05) is 19.8 Å². The summed E-state index contributed by atoms with van der Waals surface area (Å²) in [5.41, 5.74) is 0. The van der Waals surface area contributed by atoms with E-state index in [4.69, 9.17) is 4.74 Å². The predicted octanol–water partition coefficient (Wildman–Crippen LogP) is 3.14. The monoisotopic (exact) mass is 243 g/mol. The van der Waals surface area contributed by atoms with Crippen molar-refractivity contribution in [3.63, 3.8) is 0 Å². The lowest BCUT2D eigenvalue weighted by Gasteiger charge is -2.10. The van der Waals surface area contributed by atoms with E-state index in [1.54, 1.807) is 0 Å². The summed E-state index contributed by atoms with van der Waals surface area (Å²) in [6.07, 6.45) is 6.47. The number of nitrogens with one attached hydrogen (secondary N) is 1. The lowest BCUT2D eigenvalue weighted by molar-refractivity contribution is -0.122. The molecule has 0 aliphatic rings. The van der Waals surface area contributed by atoms with Crippen LogP contribution in [0.15, 0.2) is 0 Å². The van der Waals surface area contributed by atoms with Crippen LogP contribution in [0.3, 0.4) is 0 Å². The molecule has 0 aromatic carbocycles. The molecule has 102 valence electrons. The number of unbranched alkanes of at least 4 members (excludes halogenated alkanes) is 3. The van der Waals surface area contributed by atoms with E-state index in [-0.39, 0.29) is 5.91 Å². The van der Waals surface area contributed by atoms with Gasteiger partial charge in [-0.3, -0.25) is 4.79 Å². The molecular formula is C14H29NO2. The van der Waals surface area contributed by atoms with Crippen LogP contribution in [0.25, 0.3) is 0 Å². The highest BCUT2D eigenvalue weighted by Crippen LogP contribution is 1.99. The molecule has 0 saturated carbocycles. The molecule has 1 amide bonds. The quantitative estimate of drug-likeness (QED) is 0.566. The number of carbonyl (C=O) groups is 1. The van der Waals surface area contributed by atoms with Gasteiger partial charge in [-0.15, -0.1) is 0 Å². The number of hydrogen-bond donors (Lipinski definition) is 1. The third-order valence-electron chi connectivity index (χ3n) is 2.96. The second kappa shape index (κ2) is 11.9. The molecule has 1 unspecified atom stereocenters. The molecule has 0 aliphatic carbocycles. The van der Waals surface area contributed by atoms with Gasteiger partial charge in [0.15, 0.2) is 0 Å². The minimum Gasteiger partial charge on any atom is -0.381 e. The van der Waals surface area contributed by atoms with E-state index < -0.39 is 0 Å². The topological polar surface area (TPSA) is 38.3 Å². The Morgan fingerprint density at radius 2 is 1.94 bits per heavy atom. The van der Waals surface area contributed by atoms with Crippen LogP contribution in [0, 0.1) is 5.92 Å². The van der Waals surface area contributed by atoms with Gasteiger partial charge in [-0.1, -0.05) is 46.5 Å². The average molecular weight is 243 g/mol. The third-order valence-corrected chi connectivity index (χ3v) is 2.96. The molecule has 0 aliphatic heterocycles. The summed E-state index contributed by atoms with van der Waals surface area (Å²) in [5, 5.41) is 2.93. The normalized spacial score (nSPS) is 12.4. The minimum absolute atomic E-state index is 0.110. The molecule has 0 heterocycles. The van der Waals surface area contributed by atoms with Crippen LogP contribution >= 0.6 is 0 Å². The van der Waals surface area contributed by atoms with Crippen LogP contribution in [0.2, 0.25) is 0 Å². The second-order valence-corrected chi connectivity index (χ2v) is 4.74. The molecule has 0 spiro atoms. The van der Waals surface area contributed by atoms with Crippen molar-refractivity contribution >= 4 is 5.91 Å². The van der Waals surface area contributed by atoms with E-state index >= 15 is 0 Å². The van der Waals surface area contributed by atoms with Gasteiger partial charge in [0.25, 0.3) is 0 Å². The molecule has 3 nitrogen and oxygen atoms in total. The van der Waals surface area contributed by atoms with Crippen molar-refractivity contribution in [3.05, 3.63) is 0 Å². The van der Waals surface area contributed by atoms with Gasteiger partial charge in [-0.25, -0.2) is 0 Å². The molecule has 17 heavy (non-hydrogen) atoms. The van der Waals surface area contributed by atoms with Crippen molar-refractivity contribution in [1.29, 1.82) is 0 Å². The molecule has 0 radical (unpaired) electrons. The SMILES string of the molecule is CCCCCCOCCC(=O)NCC(C)CC. The minimum atomic E-state index is 0.110. The molecule has 1 atom stereocenters. The zero-order valence-electron chi connectivity index (χ0n) is 11.8. The number of rotatable bonds is 11. The highest BCUT2D eigenvalue weighted by molar-refractivity contribution is 5.75. The second-order valence-electron chi connectivity index (χ2n) is 4.74. The van der Waals surface area contributed by atoms with E-state index in [1.807, 2.05) is 0 Å². The fourth-order valence-electron chi connectivity index (χ4n) is 1.42. The molecule has 3 heteroatoms. The fourth-order valence-corrected chi connectivity index (χ4v) is 1.42. The van der Waals surface area contributed by atoms with E-state index in [9.17, 15) is 4.79 Å². The van der Waals surface area contributed by atoms with Gasteiger partial charge in [0.2, 0.25) is 5.91 Å². The van der Waals surface area contributed by atoms with Crippen LogP contribution in [-0.2, 0) is 9.53 Å². The van der Waals surface area contributed by atoms with Crippen molar-refractivity contribution in [3.8, 4) is 0 Å². The van der Waals surface area contributed by atoms with Gasteiger partial charge < -0.3 is 10.1 Å². The van der Waals surface area contributed by atoms with Gasteiger partial charge in [-0.2, -0.15) is 0 Å². The first kappa shape index (κ1) is 16.4. The molecule has 0 bridgehead atoms. The first-order chi connectivity index (χ1) is 8.20. The molecule has 0 rings (SSSR count). The highest BCUT2D eigenvalue weighted by Gasteiger charge is 2.03. The van der Waals surface area contributed by atoms with Crippen LogP contribution in [0.1, 0.15) is 59.3 Å². The number of carbonyl (C=O) groups excluding carboxylic acids is 1. The van der Waals surface area contributed by atoms with E-state index in [0.29, 0.717) is 18.9 Å². The number of hydrogen-bond acceptors (Lipinski definition) is 2. The fraction of sp³-hybridized carbons (Fsp3) is 0.929. The zero-order valence-corrected chi connectivity index (χ0v) is 11.8. The summed E-state index contributed by atoms with van der Waals surface area (Å²) < 4.78 is 5.42. The molecule has 0 aromatic rings. The van der Waals surface area contributed by atoms with Gasteiger partial charge >= 0.3 is 0 Å². The Morgan fingerprint density at radius 3 is 2.59 bits per heavy atom. The van der Waals surface area contributed by atoms with Gasteiger partial charge in [0.1, 0.15) is 0 Å². The summed E-state index contributed by atoms with van der Waals surface area (Å²) >= 11 is 0.